The number of hydrogen-bond acceptors (Lipinski definition) is 7. The highest BCUT2D eigenvalue weighted by molar-refractivity contribution is 5.96. The van der Waals surface area contributed by atoms with Crippen molar-refractivity contribution in [1.82, 2.24) is 0 Å². The van der Waals surface area contributed by atoms with E-state index in [9.17, 15) is 19.7 Å². The van der Waals surface area contributed by atoms with E-state index in [1.165, 1.54) is 0 Å². The molecular formula is C20H21NO7. The highest BCUT2D eigenvalue weighted by atomic mass is 16.6. The molecule has 0 radical (unpaired) electrons. The second-order valence-electron chi connectivity index (χ2n) is 5.99. The van der Waals surface area contributed by atoms with Crippen LogP contribution in [0, 0.1) is 16.0 Å². The molecule has 148 valence electrons. The summed E-state index contributed by atoms with van der Waals surface area (Å²) in [5.74, 6) is -3.68. The summed E-state index contributed by atoms with van der Waals surface area (Å²) in [5.41, 5.74) is 1.43. The maximum atomic E-state index is 12.1. The van der Waals surface area contributed by atoms with Crippen LogP contribution in [0.25, 0.3) is 0 Å². The lowest BCUT2D eigenvalue weighted by molar-refractivity contribution is -0.484. The van der Waals surface area contributed by atoms with E-state index in [4.69, 9.17) is 4.74 Å². The van der Waals surface area contributed by atoms with Crippen LogP contribution < -0.4 is 4.74 Å². The topological polar surface area (TPSA) is 105 Å². The largest absolute Gasteiger partial charge is 0.489 e. The molecule has 0 bridgehead atoms. The molecule has 0 amide bonds. The third-order valence-electron chi connectivity index (χ3n) is 4.21. The van der Waals surface area contributed by atoms with Crippen LogP contribution in [-0.4, -0.2) is 37.6 Å². The van der Waals surface area contributed by atoms with Gasteiger partial charge in [-0.1, -0.05) is 42.5 Å². The monoisotopic (exact) mass is 387 g/mol. The van der Waals surface area contributed by atoms with Crippen molar-refractivity contribution in [3.05, 3.63) is 75.8 Å². The number of esters is 2. The van der Waals surface area contributed by atoms with Crippen LogP contribution >= 0.6 is 0 Å². The molecular weight excluding hydrogens is 366 g/mol. The van der Waals surface area contributed by atoms with E-state index >= 15 is 0 Å². The van der Waals surface area contributed by atoms with Crippen molar-refractivity contribution in [1.29, 1.82) is 0 Å². The Balaban J connectivity index is 2.22. The van der Waals surface area contributed by atoms with Crippen LogP contribution in [0.3, 0.4) is 0 Å². The third-order valence-corrected chi connectivity index (χ3v) is 4.21. The summed E-state index contributed by atoms with van der Waals surface area (Å²) in [6, 6.07) is 16.0. The number of nitro groups is 1. The van der Waals surface area contributed by atoms with Gasteiger partial charge in [-0.3, -0.25) is 19.7 Å². The van der Waals surface area contributed by atoms with Crippen molar-refractivity contribution in [3.63, 3.8) is 0 Å². The number of carbonyl (C=O) groups is 2. The molecule has 2 aromatic carbocycles. The Kier molecular flexibility index (Phi) is 7.50. The summed E-state index contributed by atoms with van der Waals surface area (Å²) in [5, 5.41) is 11.1. The van der Waals surface area contributed by atoms with Crippen molar-refractivity contribution < 1.29 is 28.7 Å². The van der Waals surface area contributed by atoms with E-state index in [1.54, 1.807) is 24.3 Å². The Morgan fingerprint density at radius 1 is 0.964 bits per heavy atom. The molecule has 0 aliphatic carbocycles. The lowest BCUT2D eigenvalue weighted by atomic mass is 9.85. The molecule has 1 unspecified atom stereocenters. The van der Waals surface area contributed by atoms with E-state index in [0.717, 1.165) is 19.8 Å². The van der Waals surface area contributed by atoms with Crippen molar-refractivity contribution >= 4 is 11.9 Å². The highest BCUT2D eigenvalue weighted by Crippen LogP contribution is 2.29. The molecule has 0 heterocycles. The first-order valence-electron chi connectivity index (χ1n) is 8.50. The number of hydrogen-bond donors (Lipinski definition) is 0. The Hall–Kier alpha value is -3.42. The van der Waals surface area contributed by atoms with E-state index in [2.05, 4.69) is 9.47 Å². The first-order chi connectivity index (χ1) is 13.5. The SMILES string of the molecule is COC(=O)C(C(=O)OC)C(C[N+](=O)[O-])c1ccc(OCc2ccccc2)cc1. The highest BCUT2D eigenvalue weighted by Gasteiger charge is 2.40. The minimum absolute atomic E-state index is 0.367. The normalized spacial score (nSPS) is 11.5. The Morgan fingerprint density at radius 2 is 1.54 bits per heavy atom. The van der Waals surface area contributed by atoms with Crippen LogP contribution in [0.2, 0.25) is 0 Å². The third kappa shape index (κ3) is 5.54. The van der Waals surface area contributed by atoms with Crippen molar-refractivity contribution in [2.75, 3.05) is 20.8 Å². The summed E-state index contributed by atoms with van der Waals surface area (Å²) in [4.78, 5) is 34.7. The van der Waals surface area contributed by atoms with Gasteiger partial charge in [0.25, 0.3) is 0 Å². The maximum Gasteiger partial charge on any atom is 0.320 e. The van der Waals surface area contributed by atoms with Crippen LogP contribution in [0.5, 0.6) is 5.75 Å². The minimum atomic E-state index is -1.43. The molecule has 0 fully saturated rings. The van der Waals surface area contributed by atoms with E-state index in [1.807, 2.05) is 30.3 Å². The molecule has 0 spiro atoms. The van der Waals surface area contributed by atoms with Gasteiger partial charge >= 0.3 is 11.9 Å². The zero-order chi connectivity index (χ0) is 20.5. The Morgan fingerprint density at radius 3 is 2.04 bits per heavy atom. The van der Waals surface area contributed by atoms with Gasteiger partial charge in [0.05, 0.1) is 20.1 Å². The van der Waals surface area contributed by atoms with Crippen LogP contribution in [0.1, 0.15) is 17.0 Å². The number of methoxy groups -OCH3 is 2. The average molecular weight is 387 g/mol. The lowest BCUT2D eigenvalue weighted by Gasteiger charge is -2.21. The van der Waals surface area contributed by atoms with E-state index in [0.29, 0.717) is 17.9 Å². The molecule has 0 N–H and O–H groups in total. The molecule has 0 aliphatic rings. The molecule has 8 heteroatoms. The molecule has 0 saturated heterocycles. The van der Waals surface area contributed by atoms with Gasteiger partial charge in [-0.25, -0.2) is 0 Å². The van der Waals surface area contributed by atoms with Gasteiger partial charge in [-0.15, -0.1) is 0 Å². The van der Waals surface area contributed by atoms with Gasteiger partial charge in [-0.2, -0.15) is 0 Å². The molecule has 1 atom stereocenters. The lowest BCUT2D eigenvalue weighted by Crippen LogP contribution is -2.35. The smallest absolute Gasteiger partial charge is 0.320 e. The van der Waals surface area contributed by atoms with Gasteiger partial charge in [0.2, 0.25) is 6.54 Å². The zero-order valence-electron chi connectivity index (χ0n) is 15.6. The molecule has 2 rings (SSSR count). The van der Waals surface area contributed by atoms with Gasteiger partial charge < -0.3 is 14.2 Å². The summed E-state index contributed by atoms with van der Waals surface area (Å²) >= 11 is 0. The summed E-state index contributed by atoms with van der Waals surface area (Å²) in [7, 11) is 2.23. The molecule has 28 heavy (non-hydrogen) atoms. The first kappa shape index (κ1) is 20.9. The van der Waals surface area contributed by atoms with E-state index < -0.39 is 35.2 Å². The fourth-order valence-electron chi connectivity index (χ4n) is 2.79. The van der Waals surface area contributed by atoms with Gasteiger partial charge in [0.15, 0.2) is 5.92 Å². The zero-order valence-corrected chi connectivity index (χ0v) is 15.6. The standard InChI is InChI=1S/C20H21NO7/c1-26-19(22)18(20(23)27-2)17(12-21(24)25)15-8-10-16(11-9-15)28-13-14-6-4-3-5-7-14/h3-11,17-18H,12-13H2,1-2H3. The molecule has 0 saturated carbocycles. The van der Waals surface area contributed by atoms with Gasteiger partial charge in [0, 0.05) is 4.92 Å². The Labute approximate surface area is 162 Å². The number of nitrogens with zero attached hydrogens (tertiary/aromatic N) is 1. The fourth-order valence-corrected chi connectivity index (χ4v) is 2.79. The van der Waals surface area contributed by atoms with Gasteiger partial charge in [-0.05, 0) is 23.3 Å². The predicted molar refractivity (Wildman–Crippen MR) is 99.3 cm³/mol. The molecule has 0 aromatic heterocycles. The number of rotatable bonds is 9. The van der Waals surface area contributed by atoms with Crippen molar-refractivity contribution in [3.8, 4) is 5.75 Å². The Bertz CT molecular complexity index is 789. The minimum Gasteiger partial charge on any atom is -0.489 e. The quantitative estimate of drug-likeness (QED) is 0.282. The number of benzene rings is 2. The molecule has 8 nitrogen and oxygen atoms in total. The molecule has 2 aromatic rings. The van der Waals surface area contributed by atoms with Crippen molar-refractivity contribution in [2.24, 2.45) is 5.92 Å². The average Bonchev–Trinajstić information content (AvgIpc) is 2.72. The molecule has 0 aliphatic heterocycles. The van der Waals surface area contributed by atoms with Crippen LogP contribution in [0.4, 0.5) is 0 Å². The van der Waals surface area contributed by atoms with Gasteiger partial charge in [0.1, 0.15) is 12.4 Å². The predicted octanol–water partition coefficient (Wildman–Crippen LogP) is 2.59. The summed E-state index contributed by atoms with van der Waals surface area (Å²) < 4.78 is 15.0. The first-order valence-corrected chi connectivity index (χ1v) is 8.50. The maximum absolute atomic E-state index is 12.1. The number of ether oxygens (including phenoxy) is 3. The van der Waals surface area contributed by atoms with Crippen molar-refractivity contribution in [2.45, 2.75) is 12.5 Å². The second-order valence-corrected chi connectivity index (χ2v) is 5.99. The van der Waals surface area contributed by atoms with Crippen LogP contribution in [-0.2, 0) is 25.7 Å². The van der Waals surface area contributed by atoms with E-state index in [-0.39, 0.29) is 0 Å². The summed E-state index contributed by atoms with van der Waals surface area (Å²) in [6.45, 7) is -0.259. The van der Waals surface area contributed by atoms with Crippen LogP contribution in [0.15, 0.2) is 54.6 Å². The summed E-state index contributed by atoms with van der Waals surface area (Å²) in [6.07, 6.45) is 0. The number of carbonyl (C=O) groups excluding carboxylic acids is 2. The second kappa shape index (κ2) is 10.1. The fraction of sp³-hybridized carbons (Fsp3) is 0.300.